The van der Waals surface area contributed by atoms with Crippen LogP contribution in [-0.4, -0.2) is 16.8 Å². The number of benzene rings is 1. The molecule has 3 rings (SSSR count). The molecule has 0 atom stereocenters. The summed E-state index contributed by atoms with van der Waals surface area (Å²) in [6.07, 6.45) is 5.19. The Labute approximate surface area is 111 Å². The molecule has 0 aliphatic heterocycles. The second kappa shape index (κ2) is 4.80. The fourth-order valence-electron chi connectivity index (χ4n) is 2.12. The average molecular weight is 256 g/mol. The Morgan fingerprint density at radius 1 is 1.26 bits per heavy atom. The van der Waals surface area contributed by atoms with E-state index in [1.807, 2.05) is 29.2 Å². The van der Waals surface area contributed by atoms with E-state index in [-0.39, 0.29) is 5.91 Å². The molecule has 0 bridgehead atoms. The third kappa shape index (κ3) is 2.62. The lowest BCUT2D eigenvalue weighted by Crippen LogP contribution is -2.32. The number of furan rings is 1. The van der Waals surface area contributed by atoms with Crippen molar-refractivity contribution in [3.05, 3.63) is 54.0 Å². The van der Waals surface area contributed by atoms with E-state index in [9.17, 15) is 4.79 Å². The van der Waals surface area contributed by atoms with Gasteiger partial charge in [-0.25, -0.2) is 0 Å². The highest BCUT2D eigenvalue weighted by Gasteiger charge is 2.33. The summed E-state index contributed by atoms with van der Waals surface area (Å²) >= 11 is 0. The summed E-state index contributed by atoms with van der Waals surface area (Å²) in [5.41, 5.74) is 8.12. The van der Waals surface area contributed by atoms with Crippen LogP contribution in [0.1, 0.15) is 28.8 Å². The van der Waals surface area contributed by atoms with Gasteiger partial charge in [0.2, 0.25) is 0 Å². The molecule has 0 unspecified atom stereocenters. The van der Waals surface area contributed by atoms with Gasteiger partial charge in [0.1, 0.15) is 6.26 Å². The molecule has 4 nitrogen and oxygen atoms in total. The van der Waals surface area contributed by atoms with Crippen molar-refractivity contribution in [2.45, 2.75) is 25.4 Å². The van der Waals surface area contributed by atoms with Crippen LogP contribution in [0.2, 0.25) is 0 Å². The van der Waals surface area contributed by atoms with Gasteiger partial charge in [-0.3, -0.25) is 4.79 Å². The maximum atomic E-state index is 12.4. The zero-order valence-electron chi connectivity index (χ0n) is 10.6. The van der Waals surface area contributed by atoms with E-state index in [0.717, 1.165) is 24.1 Å². The van der Waals surface area contributed by atoms with Crippen molar-refractivity contribution in [3.8, 4) is 0 Å². The van der Waals surface area contributed by atoms with Crippen molar-refractivity contribution >= 4 is 11.6 Å². The third-order valence-electron chi connectivity index (χ3n) is 3.35. The Balaban J connectivity index is 1.78. The van der Waals surface area contributed by atoms with Gasteiger partial charge in [-0.15, -0.1) is 0 Å². The van der Waals surface area contributed by atoms with Crippen LogP contribution in [0.5, 0.6) is 0 Å². The molecule has 4 heteroatoms. The van der Waals surface area contributed by atoms with Gasteiger partial charge < -0.3 is 15.1 Å². The minimum Gasteiger partial charge on any atom is -0.472 e. The van der Waals surface area contributed by atoms with E-state index < -0.39 is 0 Å². The molecule has 98 valence electrons. The standard InChI is InChI=1S/C15H16N2O2/c16-13-3-1-11(2-4-13)9-17(14-5-6-14)15(18)12-7-8-19-10-12/h1-4,7-8,10,14H,5-6,9,16H2. The maximum Gasteiger partial charge on any atom is 0.257 e. The number of nitrogen functional groups attached to an aromatic ring is 1. The van der Waals surface area contributed by atoms with Crippen molar-refractivity contribution in [2.24, 2.45) is 0 Å². The van der Waals surface area contributed by atoms with Gasteiger partial charge in [0.25, 0.3) is 5.91 Å². The normalized spacial score (nSPS) is 14.3. The zero-order valence-corrected chi connectivity index (χ0v) is 10.6. The van der Waals surface area contributed by atoms with Crippen molar-refractivity contribution in [1.82, 2.24) is 4.90 Å². The second-order valence-corrected chi connectivity index (χ2v) is 4.92. The molecular formula is C15H16N2O2. The van der Waals surface area contributed by atoms with Crippen molar-refractivity contribution in [3.63, 3.8) is 0 Å². The molecule has 1 fully saturated rings. The third-order valence-corrected chi connectivity index (χ3v) is 3.35. The molecule has 0 saturated heterocycles. The lowest BCUT2D eigenvalue weighted by Gasteiger charge is -2.22. The highest BCUT2D eigenvalue weighted by Crippen LogP contribution is 2.30. The summed E-state index contributed by atoms with van der Waals surface area (Å²) in [7, 11) is 0. The van der Waals surface area contributed by atoms with E-state index in [2.05, 4.69) is 0 Å². The SMILES string of the molecule is Nc1ccc(CN(C(=O)c2ccoc2)C2CC2)cc1. The first-order valence-corrected chi connectivity index (χ1v) is 6.41. The fraction of sp³-hybridized carbons (Fsp3) is 0.267. The van der Waals surface area contributed by atoms with Crippen molar-refractivity contribution in [2.75, 3.05) is 5.73 Å². The first-order chi connectivity index (χ1) is 9.24. The summed E-state index contributed by atoms with van der Waals surface area (Å²) < 4.78 is 4.99. The predicted octanol–water partition coefficient (Wildman–Crippen LogP) is 2.67. The Hall–Kier alpha value is -2.23. The van der Waals surface area contributed by atoms with Crippen LogP contribution in [0.25, 0.3) is 0 Å². The smallest absolute Gasteiger partial charge is 0.257 e. The average Bonchev–Trinajstić information content (AvgIpc) is 3.11. The predicted molar refractivity (Wildman–Crippen MR) is 72.5 cm³/mol. The Morgan fingerprint density at radius 2 is 2.00 bits per heavy atom. The summed E-state index contributed by atoms with van der Waals surface area (Å²) in [4.78, 5) is 14.3. The van der Waals surface area contributed by atoms with E-state index in [4.69, 9.17) is 10.2 Å². The molecule has 1 aliphatic carbocycles. The molecule has 1 amide bonds. The largest absolute Gasteiger partial charge is 0.472 e. The van der Waals surface area contributed by atoms with Crippen LogP contribution in [0.3, 0.4) is 0 Å². The number of rotatable bonds is 4. The molecular weight excluding hydrogens is 240 g/mol. The Morgan fingerprint density at radius 3 is 2.58 bits per heavy atom. The summed E-state index contributed by atoms with van der Waals surface area (Å²) in [5.74, 6) is 0.0353. The topological polar surface area (TPSA) is 59.5 Å². The van der Waals surface area contributed by atoms with Crippen LogP contribution in [0, 0.1) is 0 Å². The maximum absolute atomic E-state index is 12.4. The number of amides is 1. The van der Waals surface area contributed by atoms with Crippen molar-refractivity contribution < 1.29 is 9.21 Å². The number of anilines is 1. The fourth-order valence-corrected chi connectivity index (χ4v) is 2.12. The van der Waals surface area contributed by atoms with E-state index in [1.54, 1.807) is 6.07 Å². The number of nitrogens with zero attached hydrogens (tertiary/aromatic N) is 1. The second-order valence-electron chi connectivity index (χ2n) is 4.92. The summed E-state index contributed by atoms with van der Waals surface area (Å²) in [5, 5.41) is 0. The Bertz CT molecular complexity index is 556. The number of hydrogen-bond acceptors (Lipinski definition) is 3. The summed E-state index contributed by atoms with van der Waals surface area (Å²) in [6.45, 7) is 0.620. The Kier molecular flexibility index (Phi) is 2.99. The van der Waals surface area contributed by atoms with Gasteiger partial charge in [-0.05, 0) is 36.6 Å². The van der Waals surface area contributed by atoms with Gasteiger partial charge in [0, 0.05) is 18.3 Å². The van der Waals surface area contributed by atoms with Crippen LogP contribution in [0.4, 0.5) is 5.69 Å². The highest BCUT2D eigenvalue weighted by molar-refractivity contribution is 5.94. The van der Waals surface area contributed by atoms with Gasteiger partial charge in [-0.2, -0.15) is 0 Å². The monoisotopic (exact) mass is 256 g/mol. The minimum atomic E-state index is 0.0353. The molecule has 1 heterocycles. The van der Waals surface area contributed by atoms with Crippen LogP contribution in [-0.2, 0) is 6.54 Å². The molecule has 2 aromatic rings. The molecule has 1 aromatic heterocycles. The van der Waals surface area contributed by atoms with Gasteiger partial charge in [0.15, 0.2) is 0 Å². The number of carbonyl (C=O) groups excluding carboxylic acids is 1. The first-order valence-electron chi connectivity index (χ1n) is 6.41. The number of hydrogen-bond donors (Lipinski definition) is 1. The van der Waals surface area contributed by atoms with E-state index >= 15 is 0 Å². The van der Waals surface area contributed by atoms with Crippen LogP contribution in [0.15, 0.2) is 47.3 Å². The van der Waals surface area contributed by atoms with E-state index in [1.165, 1.54) is 12.5 Å². The molecule has 1 saturated carbocycles. The molecule has 0 radical (unpaired) electrons. The van der Waals surface area contributed by atoms with Gasteiger partial charge in [0.05, 0.1) is 11.8 Å². The molecule has 2 N–H and O–H groups in total. The molecule has 1 aliphatic rings. The minimum absolute atomic E-state index is 0.0353. The quantitative estimate of drug-likeness (QED) is 0.855. The lowest BCUT2D eigenvalue weighted by atomic mass is 10.1. The van der Waals surface area contributed by atoms with Gasteiger partial charge >= 0.3 is 0 Å². The van der Waals surface area contributed by atoms with Crippen LogP contribution >= 0.6 is 0 Å². The summed E-state index contributed by atoms with van der Waals surface area (Å²) in [6, 6.07) is 9.73. The lowest BCUT2D eigenvalue weighted by molar-refractivity contribution is 0.0729. The molecule has 19 heavy (non-hydrogen) atoms. The van der Waals surface area contributed by atoms with Crippen LogP contribution < -0.4 is 5.73 Å². The van der Waals surface area contributed by atoms with E-state index in [0.29, 0.717) is 18.2 Å². The van der Waals surface area contributed by atoms with Crippen molar-refractivity contribution in [1.29, 1.82) is 0 Å². The molecule has 1 aromatic carbocycles. The first kappa shape index (κ1) is 11.8. The molecule has 0 spiro atoms. The number of nitrogens with two attached hydrogens (primary N) is 1. The zero-order chi connectivity index (χ0) is 13.2. The highest BCUT2D eigenvalue weighted by atomic mass is 16.3. The van der Waals surface area contributed by atoms with Gasteiger partial charge in [-0.1, -0.05) is 12.1 Å². The number of carbonyl (C=O) groups is 1.